The first-order valence-corrected chi connectivity index (χ1v) is 6.79. The highest BCUT2D eigenvalue weighted by Crippen LogP contribution is 2.21. The zero-order chi connectivity index (χ0) is 15.6. The molecule has 2 N–H and O–H groups in total. The highest BCUT2D eigenvalue weighted by Gasteiger charge is 2.30. The van der Waals surface area contributed by atoms with Crippen LogP contribution >= 0.6 is 0 Å². The van der Waals surface area contributed by atoms with Gasteiger partial charge in [-0.25, -0.2) is 4.79 Å². The number of fused-ring (bicyclic) bond motifs is 1. The summed E-state index contributed by atoms with van der Waals surface area (Å²) in [5.74, 6) is -1.96. The van der Waals surface area contributed by atoms with Crippen LogP contribution in [0.15, 0.2) is 24.3 Å². The van der Waals surface area contributed by atoms with E-state index in [1.807, 2.05) is 12.1 Å². The van der Waals surface area contributed by atoms with E-state index in [0.29, 0.717) is 12.1 Å². The van der Waals surface area contributed by atoms with E-state index < -0.39 is 17.9 Å². The summed E-state index contributed by atoms with van der Waals surface area (Å²) in [6, 6.07) is 6.25. The normalized spacial score (nSPS) is 15.0. The van der Waals surface area contributed by atoms with Gasteiger partial charge >= 0.3 is 5.97 Å². The van der Waals surface area contributed by atoms with Crippen molar-refractivity contribution in [3.63, 3.8) is 0 Å². The summed E-state index contributed by atoms with van der Waals surface area (Å²) in [6.45, 7) is 3.68. The lowest BCUT2D eigenvalue weighted by molar-refractivity contribution is -0.143. The van der Waals surface area contributed by atoms with E-state index in [-0.39, 0.29) is 18.4 Å². The van der Waals surface area contributed by atoms with Crippen LogP contribution in [0.5, 0.6) is 0 Å². The number of carboxylic acids is 1. The van der Waals surface area contributed by atoms with Gasteiger partial charge in [0.2, 0.25) is 5.91 Å². The largest absolute Gasteiger partial charge is 0.480 e. The Morgan fingerprint density at radius 1 is 1.33 bits per heavy atom. The van der Waals surface area contributed by atoms with Crippen LogP contribution in [-0.2, 0) is 16.1 Å². The topological polar surface area (TPSA) is 86.7 Å². The summed E-state index contributed by atoms with van der Waals surface area (Å²) in [7, 11) is 0. The second-order valence-electron chi connectivity index (χ2n) is 5.45. The number of carbonyl (C=O) groups excluding carboxylic acids is 2. The van der Waals surface area contributed by atoms with E-state index in [1.54, 1.807) is 26.0 Å². The second kappa shape index (κ2) is 5.95. The molecule has 6 nitrogen and oxygen atoms in total. The molecule has 1 aromatic carbocycles. The standard InChI is InChI=1S/C15H18N2O4/c1-9(2)13(15(20)21)16-12(18)8-17-7-10-5-3-4-6-11(10)14(17)19/h3-6,9,13H,7-8H2,1-2H3,(H,16,18)(H,20,21)/t13-/m0/s1. The molecule has 1 heterocycles. The van der Waals surface area contributed by atoms with E-state index >= 15 is 0 Å². The third-order valence-corrected chi connectivity index (χ3v) is 3.48. The highest BCUT2D eigenvalue weighted by molar-refractivity contribution is 6.00. The number of carboxylic acid groups (broad SMARTS) is 1. The van der Waals surface area contributed by atoms with Gasteiger partial charge in [0.15, 0.2) is 0 Å². The predicted molar refractivity (Wildman–Crippen MR) is 75.6 cm³/mol. The molecule has 0 radical (unpaired) electrons. The molecular weight excluding hydrogens is 272 g/mol. The molecule has 21 heavy (non-hydrogen) atoms. The Kier molecular flexibility index (Phi) is 4.26. The minimum absolute atomic E-state index is 0.135. The maximum atomic E-state index is 12.1. The lowest BCUT2D eigenvalue weighted by Crippen LogP contribution is -2.48. The molecule has 0 bridgehead atoms. The third kappa shape index (κ3) is 3.21. The summed E-state index contributed by atoms with van der Waals surface area (Å²) in [5, 5.41) is 11.5. The molecule has 0 unspecified atom stereocenters. The first-order valence-electron chi connectivity index (χ1n) is 6.79. The van der Waals surface area contributed by atoms with Crippen LogP contribution in [0.25, 0.3) is 0 Å². The summed E-state index contributed by atoms with van der Waals surface area (Å²) in [6.07, 6.45) is 0. The fourth-order valence-corrected chi connectivity index (χ4v) is 2.35. The predicted octanol–water partition coefficient (Wildman–Crippen LogP) is 0.868. The van der Waals surface area contributed by atoms with Crippen LogP contribution in [0.1, 0.15) is 29.8 Å². The fourth-order valence-electron chi connectivity index (χ4n) is 2.35. The molecule has 1 atom stereocenters. The number of hydrogen-bond donors (Lipinski definition) is 2. The molecule has 1 aliphatic heterocycles. The van der Waals surface area contributed by atoms with Gasteiger partial charge in [0, 0.05) is 12.1 Å². The molecule has 2 rings (SSSR count). The molecule has 6 heteroatoms. The number of amides is 2. The Balaban J connectivity index is 1.99. The number of rotatable bonds is 5. The van der Waals surface area contributed by atoms with E-state index in [4.69, 9.17) is 5.11 Å². The number of aliphatic carboxylic acids is 1. The Bertz CT molecular complexity index is 583. The van der Waals surface area contributed by atoms with Crippen LogP contribution in [0.3, 0.4) is 0 Å². The fraction of sp³-hybridized carbons (Fsp3) is 0.400. The molecule has 0 aliphatic carbocycles. The average Bonchev–Trinajstić information content (AvgIpc) is 2.73. The molecular formula is C15H18N2O4. The van der Waals surface area contributed by atoms with E-state index in [0.717, 1.165) is 5.56 Å². The Labute approximate surface area is 122 Å². The maximum absolute atomic E-state index is 12.1. The summed E-state index contributed by atoms with van der Waals surface area (Å²) in [5.41, 5.74) is 1.48. The molecule has 112 valence electrons. The number of hydrogen-bond acceptors (Lipinski definition) is 3. The molecule has 0 spiro atoms. The second-order valence-corrected chi connectivity index (χ2v) is 5.45. The van der Waals surface area contributed by atoms with Gasteiger partial charge in [-0.2, -0.15) is 0 Å². The average molecular weight is 290 g/mol. The Morgan fingerprint density at radius 2 is 2.00 bits per heavy atom. The van der Waals surface area contributed by atoms with Crippen molar-refractivity contribution >= 4 is 17.8 Å². The minimum atomic E-state index is -1.07. The zero-order valence-electron chi connectivity index (χ0n) is 12.0. The van der Waals surface area contributed by atoms with Crippen molar-refractivity contribution in [1.82, 2.24) is 10.2 Å². The van der Waals surface area contributed by atoms with Crippen molar-refractivity contribution in [2.75, 3.05) is 6.54 Å². The molecule has 0 fully saturated rings. The maximum Gasteiger partial charge on any atom is 0.326 e. The SMILES string of the molecule is CC(C)[C@H](NC(=O)CN1Cc2ccccc2C1=O)C(=O)O. The number of carbonyl (C=O) groups is 3. The van der Waals surface area contributed by atoms with E-state index in [1.165, 1.54) is 4.90 Å². The van der Waals surface area contributed by atoms with Gasteiger partial charge in [0.1, 0.15) is 12.6 Å². The minimum Gasteiger partial charge on any atom is -0.480 e. The molecule has 0 aromatic heterocycles. The zero-order valence-corrected chi connectivity index (χ0v) is 12.0. The number of nitrogens with zero attached hydrogens (tertiary/aromatic N) is 1. The van der Waals surface area contributed by atoms with Crippen molar-refractivity contribution in [2.24, 2.45) is 5.92 Å². The molecule has 1 aromatic rings. The van der Waals surface area contributed by atoms with Crippen LogP contribution in [0, 0.1) is 5.92 Å². The lowest BCUT2D eigenvalue weighted by atomic mass is 10.0. The van der Waals surface area contributed by atoms with Gasteiger partial charge in [0.05, 0.1) is 0 Å². The Hall–Kier alpha value is -2.37. The van der Waals surface area contributed by atoms with Gasteiger partial charge < -0.3 is 15.3 Å². The van der Waals surface area contributed by atoms with Crippen LogP contribution < -0.4 is 5.32 Å². The van der Waals surface area contributed by atoms with E-state index in [2.05, 4.69) is 5.32 Å². The quantitative estimate of drug-likeness (QED) is 0.842. The van der Waals surface area contributed by atoms with Crippen LogP contribution in [0.4, 0.5) is 0 Å². The molecule has 1 aliphatic rings. The van der Waals surface area contributed by atoms with Gasteiger partial charge in [-0.15, -0.1) is 0 Å². The summed E-state index contributed by atoms with van der Waals surface area (Å²) < 4.78 is 0. The highest BCUT2D eigenvalue weighted by atomic mass is 16.4. The first kappa shape index (κ1) is 15.0. The van der Waals surface area contributed by atoms with Gasteiger partial charge in [-0.1, -0.05) is 32.0 Å². The third-order valence-electron chi connectivity index (χ3n) is 3.48. The van der Waals surface area contributed by atoms with Crippen LogP contribution in [-0.4, -0.2) is 40.4 Å². The summed E-state index contributed by atoms with van der Waals surface area (Å²) >= 11 is 0. The van der Waals surface area contributed by atoms with Crippen molar-refractivity contribution < 1.29 is 19.5 Å². The number of benzene rings is 1. The monoisotopic (exact) mass is 290 g/mol. The van der Waals surface area contributed by atoms with Crippen molar-refractivity contribution in [3.8, 4) is 0 Å². The molecule has 2 amide bonds. The Morgan fingerprint density at radius 3 is 2.57 bits per heavy atom. The smallest absolute Gasteiger partial charge is 0.326 e. The number of nitrogens with one attached hydrogen (secondary N) is 1. The van der Waals surface area contributed by atoms with Gasteiger partial charge in [-0.05, 0) is 17.5 Å². The van der Waals surface area contributed by atoms with Gasteiger partial charge in [-0.3, -0.25) is 9.59 Å². The van der Waals surface area contributed by atoms with Crippen molar-refractivity contribution in [3.05, 3.63) is 35.4 Å². The molecule has 0 saturated carbocycles. The molecule has 0 saturated heterocycles. The summed E-state index contributed by atoms with van der Waals surface area (Å²) in [4.78, 5) is 36.5. The van der Waals surface area contributed by atoms with Gasteiger partial charge in [0.25, 0.3) is 5.91 Å². The first-order chi connectivity index (χ1) is 9.90. The van der Waals surface area contributed by atoms with E-state index in [9.17, 15) is 14.4 Å². The van der Waals surface area contributed by atoms with Crippen molar-refractivity contribution in [1.29, 1.82) is 0 Å². The lowest BCUT2D eigenvalue weighted by Gasteiger charge is -2.20. The van der Waals surface area contributed by atoms with Crippen molar-refractivity contribution in [2.45, 2.75) is 26.4 Å². The van der Waals surface area contributed by atoms with Crippen LogP contribution in [0.2, 0.25) is 0 Å².